The molecule has 0 heterocycles. The molecule has 0 radical (unpaired) electrons. The van der Waals surface area contributed by atoms with Crippen molar-refractivity contribution in [1.29, 1.82) is 0 Å². The summed E-state index contributed by atoms with van der Waals surface area (Å²) in [5, 5.41) is 0. The number of hydrogen-bond donors (Lipinski definition) is 1. The average Bonchev–Trinajstić information content (AvgIpc) is 2.09. The molecule has 0 N–H and O–H groups in total. The van der Waals surface area contributed by atoms with Crippen LogP contribution in [0.5, 0.6) is 0 Å². The molecule has 0 fully saturated rings. The minimum Gasteiger partial charge on any atom is -0.179 e. The van der Waals surface area contributed by atoms with Gasteiger partial charge in [0.05, 0.1) is 0 Å². The van der Waals surface area contributed by atoms with E-state index < -0.39 is 0 Å². The Morgan fingerprint density at radius 1 is 1.00 bits per heavy atom. The SMILES string of the molecule is Cc1cc(C)c(C)c(CCS)c1C. The fraction of sp³-hybridized carbons (Fsp3) is 0.500. The van der Waals surface area contributed by atoms with Crippen molar-refractivity contribution in [2.24, 2.45) is 0 Å². The third-order valence-electron chi connectivity index (χ3n) is 2.88. The van der Waals surface area contributed by atoms with Crippen molar-refractivity contribution >= 4 is 12.6 Å². The Balaban J connectivity index is 3.28. The molecule has 72 valence electrons. The zero-order valence-electron chi connectivity index (χ0n) is 8.94. The first kappa shape index (κ1) is 10.6. The van der Waals surface area contributed by atoms with Crippen molar-refractivity contribution < 1.29 is 0 Å². The molecule has 1 aromatic carbocycles. The highest BCUT2D eigenvalue weighted by Gasteiger charge is 2.06. The second-order valence-corrected chi connectivity index (χ2v) is 4.16. The van der Waals surface area contributed by atoms with Crippen LogP contribution >= 0.6 is 12.6 Å². The van der Waals surface area contributed by atoms with E-state index in [1.54, 1.807) is 0 Å². The highest BCUT2D eigenvalue weighted by Crippen LogP contribution is 2.22. The third-order valence-corrected chi connectivity index (χ3v) is 3.11. The minimum atomic E-state index is 0.935. The second kappa shape index (κ2) is 4.19. The van der Waals surface area contributed by atoms with Gasteiger partial charge in [-0.25, -0.2) is 0 Å². The minimum absolute atomic E-state index is 0.935. The lowest BCUT2D eigenvalue weighted by atomic mass is 9.93. The summed E-state index contributed by atoms with van der Waals surface area (Å²) in [6.07, 6.45) is 1.09. The van der Waals surface area contributed by atoms with Gasteiger partial charge in [-0.2, -0.15) is 12.6 Å². The molecular weight excluding hydrogens is 176 g/mol. The molecular formula is C12H18S. The van der Waals surface area contributed by atoms with Crippen LogP contribution in [0.1, 0.15) is 27.8 Å². The lowest BCUT2D eigenvalue weighted by molar-refractivity contribution is 1.06. The van der Waals surface area contributed by atoms with Gasteiger partial charge in [0.15, 0.2) is 0 Å². The average molecular weight is 194 g/mol. The largest absolute Gasteiger partial charge is 0.179 e. The summed E-state index contributed by atoms with van der Waals surface area (Å²) in [7, 11) is 0. The first-order chi connectivity index (χ1) is 6.07. The molecule has 1 heteroatoms. The van der Waals surface area contributed by atoms with Crippen molar-refractivity contribution in [1.82, 2.24) is 0 Å². The molecule has 0 amide bonds. The fourth-order valence-electron chi connectivity index (χ4n) is 1.79. The topological polar surface area (TPSA) is 0 Å². The van der Waals surface area contributed by atoms with E-state index in [9.17, 15) is 0 Å². The van der Waals surface area contributed by atoms with E-state index in [0.717, 1.165) is 12.2 Å². The Morgan fingerprint density at radius 2 is 1.46 bits per heavy atom. The van der Waals surface area contributed by atoms with E-state index in [4.69, 9.17) is 0 Å². The molecule has 1 rings (SSSR count). The van der Waals surface area contributed by atoms with E-state index >= 15 is 0 Å². The lowest BCUT2D eigenvalue weighted by Crippen LogP contribution is -2.00. The Morgan fingerprint density at radius 3 is 1.85 bits per heavy atom. The summed E-state index contributed by atoms with van der Waals surface area (Å²) in [5.74, 6) is 0.935. The Hall–Kier alpha value is -0.430. The molecule has 0 bridgehead atoms. The van der Waals surface area contributed by atoms with Gasteiger partial charge in [-0.3, -0.25) is 0 Å². The highest BCUT2D eigenvalue weighted by atomic mass is 32.1. The highest BCUT2D eigenvalue weighted by molar-refractivity contribution is 7.80. The maximum Gasteiger partial charge on any atom is -0.00572 e. The van der Waals surface area contributed by atoms with Gasteiger partial charge in [0.1, 0.15) is 0 Å². The number of hydrogen-bond acceptors (Lipinski definition) is 1. The van der Waals surface area contributed by atoms with E-state index in [-0.39, 0.29) is 0 Å². The van der Waals surface area contributed by atoms with Crippen molar-refractivity contribution in [3.8, 4) is 0 Å². The van der Waals surface area contributed by atoms with Gasteiger partial charge in [-0.15, -0.1) is 0 Å². The summed E-state index contributed by atoms with van der Waals surface area (Å²) in [5.41, 5.74) is 7.18. The predicted octanol–water partition coefficient (Wildman–Crippen LogP) is 3.39. The second-order valence-electron chi connectivity index (χ2n) is 3.71. The molecule has 0 aliphatic carbocycles. The monoisotopic (exact) mass is 194 g/mol. The van der Waals surface area contributed by atoms with Gasteiger partial charge in [-0.1, -0.05) is 6.07 Å². The van der Waals surface area contributed by atoms with Gasteiger partial charge < -0.3 is 0 Å². The first-order valence-electron chi connectivity index (χ1n) is 4.75. The van der Waals surface area contributed by atoms with Gasteiger partial charge >= 0.3 is 0 Å². The third kappa shape index (κ3) is 2.08. The van der Waals surface area contributed by atoms with Crippen LogP contribution in [-0.4, -0.2) is 5.75 Å². The Labute approximate surface area is 86.8 Å². The Bertz CT molecular complexity index is 287. The molecule has 0 aromatic heterocycles. The maximum atomic E-state index is 4.29. The molecule has 0 atom stereocenters. The standard InChI is InChI=1S/C12H18S/c1-8-7-9(2)11(4)12(5-6-13)10(8)3/h7,13H,5-6H2,1-4H3. The van der Waals surface area contributed by atoms with Gasteiger partial charge in [0, 0.05) is 0 Å². The van der Waals surface area contributed by atoms with Crippen molar-refractivity contribution in [2.75, 3.05) is 5.75 Å². The Kier molecular flexibility index (Phi) is 3.43. The predicted molar refractivity (Wildman–Crippen MR) is 62.9 cm³/mol. The molecule has 0 aliphatic rings. The van der Waals surface area contributed by atoms with Gasteiger partial charge in [0.25, 0.3) is 0 Å². The summed E-state index contributed by atoms with van der Waals surface area (Å²) in [6.45, 7) is 8.79. The molecule has 0 saturated carbocycles. The molecule has 13 heavy (non-hydrogen) atoms. The van der Waals surface area contributed by atoms with Crippen LogP contribution in [0.3, 0.4) is 0 Å². The number of thiol groups is 1. The van der Waals surface area contributed by atoms with Crippen LogP contribution in [0.15, 0.2) is 6.07 Å². The van der Waals surface area contributed by atoms with Crippen LogP contribution in [0.2, 0.25) is 0 Å². The van der Waals surface area contributed by atoms with Gasteiger partial charge in [0.2, 0.25) is 0 Å². The van der Waals surface area contributed by atoms with Crippen LogP contribution in [0.4, 0.5) is 0 Å². The van der Waals surface area contributed by atoms with Crippen molar-refractivity contribution in [3.63, 3.8) is 0 Å². The quantitative estimate of drug-likeness (QED) is 0.685. The molecule has 1 aromatic rings. The zero-order valence-corrected chi connectivity index (χ0v) is 9.83. The van der Waals surface area contributed by atoms with Crippen LogP contribution in [-0.2, 0) is 6.42 Å². The maximum absolute atomic E-state index is 4.29. The molecule has 0 nitrogen and oxygen atoms in total. The number of aryl methyl sites for hydroxylation is 2. The zero-order chi connectivity index (χ0) is 10.0. The van der Waals surface area contributed by atoms with E-state index in [1.807, 2.05) is 0 Å². The first-order valence-corrected chi connectivity index (χ1v) is 5.38. The molecule has 0 spiro atoms. The smallest absolute Gasteiger partial charge is 0.00572 e. The lowest BCUT2D eigenvalue weighted by Gasteiger charge is -2.14. The summed E-state index contributed by atoms with van der Waals surface area (Å²) in [4.78, 5) is 0. The number of benzene rings is 1. The summed E-state index contributed by atoms with van der Waals surface area (Å²) >= 11 is 4.29. The molecule has 0 aliphatic heterocycles. The van der Waals surface area contributed by atoms with E-state index in [2.05, 4.69) is 46.4 Å². The summed E-state index contributed by atoms with van der Waals surface area (Å²) in [6, 6.07) is 2.27. The van der Waals surface area contributed by atoms with Crippen molar-refractivity contribution in [2.45, 2.75) is 34.1 Å². The fourth-order valence-corrected chi connectivity index (χ4v) is 2.01. The molecule has 0 unspecified atom stereocenters. The van der Waals surface area contributed by atoms with Crippen LogP contribution in [0.25, 0.3) is 0 Å². The van der Waals surface area contributed by atoms with E-state index in [0.29, 0.717) is 0 Å². The summed E-state index contributed by atoms with van der Waals surface area (Å²) < 4.78 is 0. The normalized spacial score (nSPS) is 10.5. The van der Waals surface area contributed by atoms with Gasteiger partial charge in [-0.05, 0) is 67.7 Å². The van der Waals surface area contributed by atoms with Crippen LogP contribution < -0.4 is 0 Å². The van der Waals surface area contributed by atoms with E-state index in [1.165, 1.54) is 27.8 Å². The number of rotatable bonds is 2. The van der Waals surface area contributed by atoms with Crippen molar-refractivity contribution in [3.05, 3.63) is 33.9 Å². The van der Waals surface area contributed by atoms with Crippen LogP contribution in [0, 0.1) is 27.7 Å². The molecule has 0 saturated heterocycles.